The number of hydrogen-bond acceptors (Lipinski definition) is 3. The highest BCUT2D eigenvalue weighted by Crippen LogP contribution is 2.26. The van der Waals surface area contributed by atoms with Gasteiger partial charge in [-0.3, -0.25) is 0 Å². The molecule has 0 radical (unpaired) electrons. The number of aromatic nitrogens is 3. The number of benzene rings is 1. The Labute approximate surface area is 134 Å². The van der Waals surface area contributed by atoms with Gasteiger partial charge in [-0.05, 0) is 46.1 Å². The van der Waals surface area contributed by atoms with Crippen molar-refractivity contribution in [2.45, 2.75) is 13.5 Å². The Morgan fingerprint density at radius 1 is 1.41 bits per heavy atom. The summed E-state index contributed by atoms with van der Waals surface area (Å²) in [5.74, 6) is 0. The zero-order valence-electron chi connectivity index (χ0n) is 11.7. The molecule has 3 aromatic rings. The van der Waals surface area contributed by atoms with Gasteiger partial charge in [-0.2, -0.15) is 5.10 Å². The maximum Gasteiger partial charge on any atom is 0.404 e. The first-order chi connectivity index (χ1) is 10.5. The minimum Gasteiger partial charge on any atom is -0.465 e. The molecular weight excluding hydrogens is 348 g/mol. The van der Waals surface area contributed by atoms with Crippen LogP contribution in [-0.4, -0.2) is 25.8 Å². The first-order valence-electron chi connectivity index (χ1n) is 6.60. The number of amides is 1. The van der Waals surface area contributed by atoms with Gasteiger partial charge in [0.1, 0.15) is 6.33 Å². The lowest BCUT2D eigenvalue weighted by Crippen LogP contribution is -2.20. The molecule has 112 valence electrons. The van der Waals surface area contributed by atoms with E-state index in [1.54, 1.807) is 4.52 Å². The van der Waals surface area contributed by atoms with E-state index in [9.17, 15) is 4.79 Å². The van der Waals surface area contributed by atoms with Crippen molar-refractivity contribution in [3.05, 3.63) is 52.4 Å². The molecule has 0 spiro atoms. The largest absolute Gasteiger partial charge is 0.465 e. The van der Waals surface area contributed by atoms with Gasteiger partial charge in [0.15, 0.2) is 0 Å². The van der Waals surface area contributed by atoms with Crippen LogP contribution in [0.4, 0.5) is 4.79 Å². The molecule has 0 aliphatic rings. The number of carbonyl (C=O) groups is 1. The summed E-state index contributed by atoms with van der Waals surface area (Å²) in [6.45, 7) is 2.24. The maximum absolute atomic E-state index is 10.6. The summed E-state index contributed by atoms with van der Waals surface area (Å²) < 4.78 is 2.70. The molecule has 0 aliphatic heterocycles. The van der Waals surface area contributed by atoms with Crippen molar-refractivity contribution in [2.75, 3.05) is 0 Å². The second-order valence-corrected chi connectivity index (χ2v) is 5.81. The Kier molecular flexibility index (Phi) is 3.81. The SMILES string of the molecule is Cc1cc(-c2ncnn3cc(Br)cc23)ccc1CNC(=O)O. The summed E-state index contributed by atoms with van der Waals surface area (Å²) >= 11 is 3.44. The van der Waals surface area contributed by atoms with E-state index in [2.05, 4.69) is 31.3 Å². The summed E-state index contributed by atoms with van der Waals surface area (Å²) in [5, 5.41) is 15.2. The molecule has 6 nitrogen and oxygen atoms in total. The van der Waals surface area contributed by atoms with E-state index < -0.39 is 6.09 Å². The molecule has 0 saturated heterocycles. The van der Waals surface area contributed by atoms with Crippen LogP contribution in [0.2, 0.25) is 0 Å². The van der Waals surface area contributed by atoms with E-state index in [4.69, 9.17) is 5.11 Å². The van der Waals surface area contributed by atoms with Crippen LogP contribution in [0.5, 0.6) is 0 Å². The van der Waals surface area contributed by atoms with Gasteiger partial charge >= 0.3 is 6.09 Å². The van der Waals surface area contributed by atoms with Gasteiger partial charge in [-0.25, -0.2) is 14.3 Å². The van der Waals surface area contributed by atoms with Gasteiger partial charge in [-0.1, -0.05) is 12.1 Å². The van der Waals surface area contributed by atoms with Crippen LogP contribution in [0, 0.1) is 6.92 Å². The number of rotatable bonds is 3. The van der Waals surface area contributed by atoms with Gasteiger partial charge in [0, 0.05) is 22.8 Å². The van der Waals surface area contributed by atoms with Crippen molar-refractivity contribution in [3.8, 4) is 11.3 Å². The summed E-state index contributed by atoms with van der Waals surface area (Å²) in [6.07, 6.45) is 2.36. The standard InChI is InChI=1S/C15H13BrN4O2/c1-9-4-10(2-3-11(9)6-17-15(21)22)14-13-5-12(16)7-20(13)19-8-18-14/h2-5,7-8,17H,6H2,1H3,(H,21,22). The normalized spacial score (nSPS) is 10.8. The van der Waals surface area contributed by atoms with Crippen LogP contribution in [0.1, 0.15) is 11.1 Å². The van der Waals surface area contributed by atoms with Crippen molar-refractivity contribution in [2.24, 2.45) is 0 Å². The predicted molar refractivity (Wildman–Crippen MR) is 85.7 cm³/mol. The Bertz CT molecular complexity index is 860. The number of aryl methyl sites for hydroxylation is 1. The monoisotopic (exact) mass is 360 g/mol. The first-order valence-corrected chi connectivity index (χ1v) is 7.39. The Balaban J connectivity index is 2.00. The van der Waals surface area contributed by atoms with Crippen LogP contribution in [0.25, 0.3) is 16.8 Å². The van der Waals surface area contributed by atoms with E-state index in [-0.39, 0.29) is 6.54 Å². The van der Waals surface area contributed by atoms with Crippen LogP contribution in [-0.2, 0) is 6.54 Å². The summed E-state index contributed by atoms with van der Waals surface area (Å²) in [4.78, 5) is 15.0. The van der Waals surface area contributed by atoms with Gasteiger partial charge in [0.2, 0.25) is 0 Å². The van der Waals surface area contributed by atoms with E-state index in [1.165, 1.54) is 6.33 Å². The third-order valence-electron chi connectivity index (χ3n) is 3.42. The second kappa shape index (κ2) is 5.76. The summed E-state index contributed by atoms with van der Waals surface area (Å²) in [7, 11) is 0. The lowest BCUT2D eigenvalue weighted by molar-refractivity contribution is 0.194. The fourth-order valence-corrected chi connectivity index (χ4v) is 2.74. The summed E-state index contributed by atoms with van der Waals surface area (Å²) in [5.41, 5.74) is 4.66. The molecule has 2 N–H and O–H groups in total. The lowest BCUT2D eigenvalue weighted by atomic mass is 10.0. The molecule has 0 saturated carbocycles. The van der Waals surface area contributed by atoms with E-state index in [0.29, 0.717) is 0 Å². The predicted octanol–water partition coefficient (Wildman–Crippen LogP) is 3.23. The lowest BCUT2D eigenvalue weighted by Gasteiger charge is -2.09. The Hall–Kier alpha value is -2.41. The van der Waals surface area contributed by atoms with Crippen molar-refractivity contribution >= 4 is 27.5 Å². The fourth-order valence-electron chi connectivity index (χ4n) is 2.33. The number of hydrogen-bond donors (Lipinski definition) is 2. The average Bonchev–Trinajstić information content (AvgIpc) is 2.85. The van der Waals surface area contributed by atoms with Crippen LogP contribution in [0.15, 0.2) is 41.3 Å². The zero-order chi connectivity index (χ0) is 15.7. The topological polar surface area (TPSA) is 79.5 Å². The Morgan fingerprint density at radius 2 is 2.23 bits per heavy atom. The van der Waals surface area contributed by atoms with Crippen molar-refractivity contribution in [1.82, 2.24) is 19.9 Å². The van der Waals surface area contributed by atoms with Crippen LogP contribution in [0.3, 0.4) is 0 Å². The molecule has 2 aromatic heterocycles. The number of fused-ring (bicyclic) bond motifs is 1. The van der Waals surface area contributed by atoms with Crippen molar-refractivity contribution in [1.29, 1.82) is 0 Å². The molecule has 7 heteroatoms. The number of nitrogens with zero attached hydrogens (tertiary/aromatic N) is 3. The van der Waals surface area contributed by atoms with Gasteiger partial charge in [0.25, 0.3) is 0 Å². The molecule has 1 amide bonds. The minimum atomic E-state index is -1.03. The van der Waals surface area contributed by atoms with E-state index in [0.717, 1.165) is 32.4 Å². The molecule has 0 fully saturated rings. The Morgan fingerprint density at radius 3 is 2.95 bits per heavy atom. The van der Waals surface area contributed by atoms with Crippen molar-refractivity contribution < 1.29 is 9.90 Å². The molecule has 0 bridgehead atoms. The van der Waals surface area contributed by atoms with Crippen molar-refractivity contribution in [3.63, 3.8) is 0 Å². The van der Waals surface area contributed by atoms with Gasteiger partial charge < -0.3 is 10.4 Å². The smallest absolute Gasteiger partial charge is 0.404 e. The zero-order valence-corrected chi connectivity index (χ0v) is 13.3. The highest BCUT2D eigenvalue weighted by Gasteiger charge is 2.10. The van der Waals surface area contributed by atoms with Crippen LogP contribution >= 0.6 is 15.9 Å². The molecule has 3 rings (SSSR count). The molecule has 0 atom stereocenters. The molecule has 0 unspecified atom stereocenters. The molecule has 0 aliphatic carbocycles. The molecule has 1 aromatic carbocycles. The number of nitrogens with one attached hydrogen (secondary N) is 1. The fraction of sp³-hybridized carbons (Fsp3) is 0.133. The summed E-state index contributed by atoms with van der Waals surface area (Å²) in [6, 6.07) is 7.82. The average molecular weight is 361 g/mol. The quantitative estimate of drug-likeness (QED) is 0.751. The third kappa shape index (κ3) is 2.80. The van der Waals surface area contributed by atoms with Gasteiger partial charge in [-0.15, -0.1) is 0 Å². The highest BCUT2D eigenvalue weighted by molar-refractivity contribution is 9.10. The van der Waals surface area contributed by atoms with Crippen LogP contribution < -0.4 is 5.32 Å². The van der Waals surface area contributed by atoms with Gasteiger partial charge in [0.05, 0.1) is 11.2 Å². The third-order valence-corrected chi connectivity index (χ3v) is 3.85. The molecular formula is C15H13BrN4O2. The first kappa shape index (κ1) is 14.5. The number of carboxylic acid groups (broad SMARTS) is 1. The van der Waals surface area contributed by atoms with E-state index >= 15 is 0 Å². The van der Waals surface area contributed by atoms with E-state index in [1.807, 2.05) is 37.4 Å². The number of halogens is 1. The highest BCUT2D eigenvalue weighted by atomic mass is 79.9. The maximum atomic E-state index is 10.6. The minimum absolute atomic E-state index is 0.289. The molecule has 22 heavy (non-hydrogen) atoms. The second-order valence-electron chi connectivity index (χ2n) is 4.90. The molecule has 2 heterocycles.